The van der Waals surface area contributed by atoms with Crippen LogP contribution in [0.3, 0.4) is 0 Å². The molecule has 0 spiro atoms. The fourth-order valence-electron chi connectivity index (χ4n) is 2.25. The van der Waals surface area contributed by atoms with Crippen molar-refractivity contribution in [3.8, 4) is 0 Å². The van der Waals surface area contributed by atoms with Crippen molar-refractivity contribution >= 4 is 0 Å². The van der Waals surface area contributed by atoms with Crippen LogP contribution in [0.4, 0.5) is 0 Å². The van der Waals surface area contributed by atoms with Crippen LogP contribution in [-0.4, -0.2) is 6.54 Å². The van der Waals surface area contributed by atoms with Gasteiger partial charge in [0.05, 0.1) is 0 Å². The Morgan fingerprint density at radius 2 is 1.64 bits per heavy atom. The zero-order valence-corrected chi connectivity index (χ0v) is 7.94. The summed E-state index contributed by atoms with van der Waals surface area (Å²) in [5.74, 6) is 0.768. The normalized spacial score (nSPS) is 26.1. The van der Waals surface area contributed by atoms with Crippen LogP contribution in [0.2, 0.25) is 0 Å². The highest BCUT2D eigenvalue weighted by Gasteiger charge is 2.64. The molecule has 1 aliphatic carbocycles. The molecule has 0 aromatic heterocycles. The summed E-state index contributed by atoms with van der Waals surface area (Å²) in [6, 6.07) is 0. The van der Waals surface area contributed by atoms with Gasteiger partial charge >= 0.3 is 0 Å². The fourth-order valence-corrected chi connectivity index (χ4v) is 2.25. The van der Waals surface area contributed by atoms with Gasteiger partial charge in [-0.3, -0.25) is 0 Å². The molecule has 0 heterocycles. The van der Waals surface area contributed by atoms with Gasteiger partial charge in [-0.2, -0.15) is 0 Å². The van der Waals surface area contributed by atoms with Gasteiger partial charge in [0.1, 0.15) is 0 Å². The minimum atomic E-state index is 0.470. The summed E-state index contributed by atoms with van der Waals surface area (Å²) in [6.07, 6.45) is 1.09. The van der Waals surface area contributed by atoms with E-state index in [9.17, 15) is 0 Å². The average molecular weight is 151 g/mol. The summed E-state index contributed by atoms with van der Waals surface area (Å²) < 4.78 is 0. The molecule has 0 N–H and O–H groups in total. The van der Waals surface area contributed by atoms with Crippen molar-refractivity contribution in [2.45, 2.75) is 34.1 Å². The second-order valence-corrected chi connectivity index (χ2v) is 4.67. The van der Waals surface area contributed by atoms with E-state index >= 15 is 0 Å². The molecule has 11 heavy (non-hydrogen) atoms. The molecule has 1 saturated carbocycles. The minimum absolute atomic E-state index is 0.470. The lowest BCUT2D eigenvalue weighted by molar-refractivity contribution is 0.457. The molecule has 0 aliphatic heterocycles. The maximum absolute atomic E-state index is 6.71. The maximum atomic E-state index is 6.71. The summed E-state index contributed by atoms with van der Waals surface area (Å²) in [5.41, 5.74) is 0.940. The van der Waals surface area contributed by atoms with E-state index in [1.165, 1.54) is 0 Å². The zero-order chi connectivity index (χ0) is 8.70. The van der Waals surface area contributed by atoms with Crippen molar-refractivity contribution in [2.75, 3.05) is 6.54 Å². The summed E-state index contributed by atoms with van der Waals surface area (Å²) in [5, 5.41) is 0. The monoisotopic (exact) mass is 151 g/mol. The predicted octanol–water partition coefficient (Wildman–Crippen LogP) is 2.98. The van der Waals surface area contributed by atoms with Gasteiger partial charge in [0.15, 0.2) is 0 Å². The third kappa shape index (κ3) is 1.05. The maximum Gasteiger partial charge on any atom is 0.215 e. The molecule has 0 aromatic rings. The topological polar surface area (TPSA) is 4.36 Å². The third-order valence-corrected chi connectivity index (χ3v) is 3.85. The first kappa shape index (κ1) is 8.59. The van der Waals surface area contributed by atoms with Crippen molar-refractivity contribution < 1.29 is 0 Å². The molecule has 62 valence electrons. The van der Waals surface area contributed by atoms with Crippen molar-refractivity contribution in [2.24, 2.45) is 16.7 Å². The van der Waals surface area contributed by atoms with Gasteiger partial charge in [0.25, 0.3) is 0 Å². The molecule has 0 bridgehead atoms. The van der Waals surface area contributed by atoms with Gasteiger partial charge in [-0.05, 0) is 16.7 Å². The van der Waals surface area contributed by atoms with Crippen LogP contribution in [0.15, 0.2) is 0 Å². The number of nitrogens with zero attached hydrogens (tertiary/aromatic N) is 1. The van der Waals surface area contributed by atoms with Crippen molar-refractivity contribution in [3.05, 3.63) is 11.4 Å². The molecule has 1 aliphatic rings. The minimum Gasteiger partial charge on any atom is -0.317 e. The summed E-state index contributed by atoms with van der Waals surface area (Å²) in [6.45, 7) is 16.6. The van der Waals surface area contributed by atoms with Crippen LogP contribution in [0, 0.1) is 23.3 Å². The Bertz CT molecular complexity index is 181. The first-order valence-electron chi connectivity index (χ1n) is 4.28. The molecule has 0 saturated heterocycles. The Hall–Kier alpha value is -0.510. The second kappa shape index (κ2) is 2.24. The van der Waals surface area contributed by atoms with Gasteiger partial charge in [-0.25, -0.2) is 6.57 Å². The van der Waals surface area contributed by atoms with E-state index in [4.69, 9.17) is 6.57 Å². The molecule has 1 nitrogen and oxygen atoms in total. The van der Waals surface area contributed by atoms with E-state index < -0.39 is 0 Å². The first-order valence-corrected chi connectivity index (χ1v) is 4.28. The molecule has 1 fully saturated rings. The highest BCUT2D eigenvalue weighted by atomic mass is 14.7. The van der Waals surface area contributed by atoms with Crippen LogP contribution in [0.5, 0.6) is 0 Å². The molecule has 0 unspecified atom stereocenters. The van der Waals surface area contributed by atoms with Crippen LogP contribution in [-0.2, 0) is 0 Å². The zero-order valence-electron chi connectivity index (χ0n) is 7.94. The van der Waals surface area contributed by atoms with Gasteiger partial charge in [0.2, 0.25) is 6.54 Å². The first-order chi connectivity index (χ1) is 4.94. The molecular formula is C10H17N. The van der Waals surface area contributed by atoms with E-state index in [-0.39, 0.29) is 0 Å². The van der Waals surface area contributed by atoms with Crippen LogP contribution in [0.25, 0.3) is 4.85 Å². The summed E-state index contributed by atoms with van der Waals surface area (Å²) >= 11 is 0. The van der Waals surface area contributed by atoms with E-state index in [1.807, 2.05) is 0 Å². The Morgan fingerprint density at radius 1 is 1.18 bits per heavy atom. The molecule has 1 rings (SSSR count). The SMILES string of the molecule is [C-]#[N+]CCC1C(C)(C)C1(C)C. The Labute approximate surface area is 69.6 Å². The highest BCUT2D eigenvalue weighted by Crippen LogP contribution is 2.69. The van der Waals surface area contributed by atoms with Crippen LogP contribution in [0.1, 0.15) is 34.1 Å². The Kier molecular flexibility index (Phi) is 1.75. The fraction of sp³-hybridized carbons (Fsp3) is 0.900. The smallest absolute Gasteiger partial charge is 0.215 e. The Balaban J connectivity index is 2.48. The number of rotatable bonds is 2. The lowest BCUT2D eigenvalue weighted by Crippen LogP contribution is -1.95. The van der Waals surface area contributed by atoms with Gasteiger partial charge < -0.3 is 4.85 Å². The summed E-state index contributed by atoms with van der Waals surface area (Å²) in [7, 11) is 0. The molecule has 0 amide bonds. The van der Waals surface area contributed by atoms with E-state index in [1.54, 1.807) is 0 Å². The second-order valence-electron chi connectivity index (χ2n) is 4.67. The highest BCUT2D eigenvalue weighted by molar-refractivity contribution is 5.12. The van der Waals surface area contributed by atoms with E-state index in [0.29, 0.717) is 17.4 Å². The third-order valence-electron chi connectivity index (χ3n) is 3.85. The lowest BCUT2D eigenvalue weighted by Gasteiger charge is -2.04. The van der Waals surface area contributed by atoms with Crippen molar-refractivity contribution in [1.82, 2.24) is 0 Å². The van der Waals surface area contributed by atoms with Gasteiger partial charge in [0, 0.05) is 6.42 Å². The van der Waals surface area contributed by atoms with Crippen molar-refractivity contribution in [1.29, 1.82) is 0 Å². The molecule has 0 radical (unpaired) electrons. The van der Waals surface area contributed by atoms with Crippen LogP contribution >= 0.6 is 0 Å². The van der Waals surface area contributed by atoms with E-state index in [2.05, 4.69) is 32.5 Å². The van der Waals surface area contributed by atoms with Gasteiger partial charge in [-0.1, -0.05) is 27.7 Å². The number of hydrogen-bond acceptors (Lipinski definition) is 0. The lowest BCUT2D eigenvalue weighted by atomic mass is 10.0. The quantitative estimate of drug-likeness (QED) is 0.534. The number of hydrogen-bond donors (Lipinski definition) is 0. The predicted molar refractivity (Wildman–Crippen MR) is 47.1 cm³/mol. The molecular weight excluding hydrogens is 134 g/mol. The van der Waals surface area contributed by atoms with Crippen molar-refractivity contribution in [3.63, 3.8) is 0 Å². The average Bonchev–Trinajstić information content (AvgIpc) is 2.23. The standard InChI is InChI=1S/C10H17N/c1-9(2)8(6-7-11-5)10(9,3)4/h8H,6-7H2,1-4H3. The molecule has 1 heteroatoms. The molecule has 0 aromatic carbocycles. The Morgan fingerprint density at radius 3 is 1.91 bits per heavy atom. The largest absolute Gasteiger partial charge is 0.317 e. The van der Waals surface area contributed by atoms with E-state index in [0.717, 1.165) is 12.3 Å². The van der Waals surface area contributed by atoms with Gasteiger partial charge in [-0.15, -0.1) is 0 Å². The summed E-state index contributed by atoms with van der Waals surface area (Å²) in [4.78, 5) is 3.40. The van der Waals surface area contributed by atoms with Crippen LogP contribution < -0.4 is 0 Å². The molecule has 0 atom stereocenters.